The Kier molecular flexibility index (Phi) is 3.89. The molecule has 6 nitrogen and oxygen atoms in total. The lowest BCUT2D eigenvalue weighted by atomic mass is 10.3. The van der Waals surface area contributed by atoms with Gasteiger partial charge in [0.25, 0.3) is 0 Å². The number of alkyl halides is 4. The molecule has 1 heterocycles. The van der Waals surface area contributed by atoms with E-state index in [0.717, 1.165) is 13.2 Å². The first-order valence-corrected chi connectivity index (χ1v) is 4.32. The standard InChI is InChI=1S/C8H6F4N2O4/c1-17-5-2-4(3-9)13-7(6(5)14(15)16)18-8(10,11)12/h2H,3H2,1H3. The van der Waals surface area contributed by atoms with Crippen LogP contribution in [0.15, 0.2) is 6.07 Å². The molecule has 18 heavy (non-hydrogen) atoms. The number of rotatable bonds is 4. The largest absolute Gasteiger partial charge is 0.574 e. The topological polar surface area (TPSA) is 74.5 Å². The van der Waals surface area contributed by atoms with E-state index in [1.54, 1.807) is 0 Å². The third-order valence-electron chi connectivity index (χ3n) is 1.73. The van der Waals surface area contributed by atoms with E-state index in [4.69, 9.17) is 0 Å². The van der Waals surface area contributed by atoms with E-state index in [1.165, 1.54) is 0 Å². The molecule has 0 spiro atoms. The second-order valence-electron chi connectivity index (χ2n) is 2.91. The zero-order valence-corrected chi connectivity index (χ0v) is 8.82. The fourth-order valence-electron chi connectivity index (χ4n) is 1.11. The van der Waals surface area contributed by atoms with Crippen LogP contribution in [-0.4, -0.2) is 23.4 Å². The maximum Gasteiger partial charge on any atom is 0.574 e. The normalized spacial score (nSPS) is 11.2. The second-order valence-corrected chi connectivity index (χ2v) is 2.91. The minimum absolute atomic E-state index is 0.475. The quantitative estimate of drug-likeness (QED) is 0.477. The van der Waals surface area contributed by atoms with Crippen LogP contribution in [0.1, 0.15) is 5.69 Å². The molecule has 10 heteroatoms. The monoisotopic (exact) mass is 270 g/mol. The first-order valence-electron chi connectivity index (χ1n) is 4.32. The lowest BCUT2D eigenvalue weighted by Gasteiger charge is -2.10. The Labute approximate surface area is 97.3 Å². The summed E-state index contributed by atoms with van der Waals surface area (Å²) in [5.74, 6) is -1.93. The van der Waals surface area contributed by atoms with Crippen LogP contribution in [-0.2, 0) is 6.67 Å². The molecule has 1 rings (SSSR count). The Balaban J connectivity index is 3.39. The van der Waals surface area contributed by atoms with Crippen LogP contribution >= 0.6 is 0 Å². The van der Waals surface area contributed by atoms with E-state index in [1.807, 2.05) is 0 Å². The van der Waals surface area contributed by atoms with E-state index in [-0.39, 0.29) is 0 Å². The Bertz CT molecular complexity index is 463. The summed E-state index contributed by atoms with van der Waals surface area (Å²) in [6.07, 6.45) is -5.18. The molecule has 1 aromatic rings. The van der Waals surface area contributed by atoms with E-state index in [0.29, 0.717) is 0 Å². The van der Waals surface area contributed by atoms with Gasteiger partial charge in [-0.15, -0.1) is 13.2 Å². The average Bonchev–Trinajstić information content (AvgIpc) is 2.25. The third kappa shape index (κ3) is 3.18. The number of hydrogen-bond acceptors (Lipinski definition) is 5. The SMILES string of the molecule is COc1cc(CF)nc(OC(F)(F)F)c1[N+](=O)[O-]. The Morgan fingerprint density at radius 2 is 2.11 bits per heavy atom. The highest BCUT2D eigenvalue weighted by Crippen LogP contribution is 2.38. The van der Waals surface area contributed by atoms with Crippen LogP contribution in [0.5, 0.6) is 11.6 Å². The lowest BCUT2D eigenvalue weighted by Crippen LogP contribution is -2.19. The molecular formula is C8H6F4N2O4. The highest BCUT2D eigenvalue weighted by molar-refractivity contribution is 5.54. The van der Waals surface area contributed by atoms with Gasteiger partial charge in [-0.1, -0.05) is 0 Å². The van der Waals surface area contributed by atoms with Gasteiger partial charge in [0, 0.05) is 6.07 Å². The molecule has 0 N–H and O–H groups in total. The summed E-state index contributed by atoms with van der Waals surface area (Å²) in [5.41, 5.74) is -1.59. The molecule has 0 fully saturated rings. The molecule has 0 aliphatic rings. The molecule has 0 aliphatic carbocycles. The van der Waals surface area contributed by atoms with Gasteiger partial charge in [-0.3, -0.25) is 10.1 Å². The van der Waals surface area contributed by atoms with Gasteiger partial charge in [0.2, 0.25) is 5.75 Å². The number of methoxy groups -OCH3 is 1. The van der Waals surface area contributed by atoms with Crippen molar-refractivity contribution in [3.63, 3.8) is 0 Å². The van der Waals surface area contributed by atoms with Crippen LogP contribution in [0, 0.1) is 10.1 Å². The first-order chi connectivity index (χ1) is 8.28. The van der Waals surface area contributed by atoms with Crippen LogP contribution in [0.2, 0.25) is 0 Å². The number of aromatic nitrogens is 1. The summed E-state index contributed by atoms with van der Waals surface area (Å²) in [5, 5.41) is 10.6. The van der Waals surface area contributed by atoms with Crippen LogP contribution in [0.25, 0.3) is 0 Å². The number of nitro groups is 1. The van der Waals surface area contributed by atoms with Crippen LogP contribution in [0.4, 0.5) is 23.2 Å². The summed E-state index contributed by atoms with van der Waals surface area (Å²) in [4.78, 5) is 12.5. The Morgan fingerprint density at radius 1 is 1.50 bits per heavy atom. The highest BCUT2D eigenvalue weighted by atomic mass is 19.4. The molecule has 0 saturated carbocycles. The number of halogens is 4. The Morgan fingerprint density at radius 3 is 2.50 bits per heavy atom. The van der Waals surface area contributed by atoms with Gasteiger partial charge < -0.3 is 9.47 Å². The van der Waals surface area contributed by atoms with Gasteiger partial charge >= 0.3 is 17.9 Å². The Hall–Kier alpha value is -2.13. The van der Waals surface area contributed by atoms with Crippen molar-refractivity contribution < 1.29 is 32.0 Å². The summed E-state index contributed by atoms with van der Waals surface area (Å²) in [6.45, 7) is -1.22. The number of nitrogens with zero attached hydrogens (tertiary/aromatic N) is 2. The van der Waals surface area contributed by atoms with Gasteiger partial charge in [-0.2, -0.15) is 0 Å². The maximum absolute atomic E-state index is 12.4. The molecule has 0 unspecified atom stereocenters. The second kappa shape index (κ2) is 5.02. The van der Waals surface area contributed by atoms with Crippen molar-refractivity contribution in [2.75, 3.05) is 7.11 Å². The molecule has 0 amide bonds. The molecule has 100 valence electrons. The fourth-order valence-corrected chi connectivity index (χ4v) is 1.11. The molecule has 1 aromatic heterocycles. The van der Waals surface area contributed by atoms with Crippen molar-refractivity contribution in [2.45, 2.75) is 13.0 Å². The van der Waals surface area contributed by atoms with E-state index in [2.05, 4.69) is 14.5 Å². The molecular weight excluding hydrogens is 264 g/mol. The van der Waals surface area contributed by atoms with Crippen molar-refractivity contribution in [2.24, 2.45) is 0 Å². The van der Waals surface area contributed by atoms with E-state index < -0.39 is 41.0 Å². The molecule has 0 atom stereocenters. The van der Waals surface area contributed by atoms with Gasteiger partial charge in [-0.05, 0) is 0 Å². The molecule has 0 radical (unpaired) electrons. The molecule has 0 aliphatic heterocycles. The van der Waals surface area contributed by atoms with Crippen LogP contribution < -0.4 is 9.47 Å². The first kappa shape index (κ1) is 13.9. The van der Waals surface area contributed by atoms with Gasteiger partial charge in [0.15, 0.2) is 0 Å². The van der Waals surface area contributed by atoms with E-state index >= 15 is 0 Å². The number of pyridine rings is 1. The van der Waals surface area contributed by atoms with Crippen molar-refractivity contribution in [1.82, 2.24) is 4.98 Å². The molecule has 0 bridgehead atoms. The number of ether oxygens (including phenoxy) is 2. The molecule has 0 saturated heterocycles. The third-order valence-corrected chi connectivity index (χ3v) is 1.73. The summed E-state index contributed by atoms with van der Waals surface area (Å²) in [6, 6.07) is 0.821. The van der Waals surface area contributed by atoms with Crippen molar-refractivity contribution >= 4 is 5.69 Å². The summed E-state index contributed by atoms with van der Waals surface area (Å²) >= 11 is 0. The minimum Gasteiger partial charge on any atom is -0.490 e. The van der Waals surface area contributed by atoms with Gasteiger partial charge in [-0.25, -0.2) is 9.37 Å². The fraction of sp³-hybridized carbons (Fsp3) is 0.375. The zero-order valence-electron chi connectivity index (χ0n) is 8.82. The smallest absolute Gasteiger partial charge is 0.490 e. The van der Waals surface area contributed by atoms with E-state index in [9.17, 15) is 27.7 Å². The lowest BCUT2D eigenvalue weighted by molar-refractivity contribution is -0.390. The summed E-state index contributed by atoms with van der Waals surface area (Å²) < 4.78 is 56.4. The highest BCUT2D eigenvalue weighted by Gasteiger charge is 2.37. The molecule has 0 aromatic carbocycles. The summed E-state index contributed by atoms with van der Waals surface area (Å²) in [7, 11) is 0.988. The van der Waals surface area contributed by atoms with Crippen molar-refractivity contribution in [3.8, 4) is 11.6 Å². The predicted octanol–water partition coefficient (Wildman–Crippen LogP) is 2.37. The maximum atomic E-state index is 12.4. The van der Waals surface area contributed by atoms with Gasteiger partial charge in [0.1, 0.15) is 6.67 Å². The zero-order chi connectivity index (χ0) is 13.9. The van der Waals surface area contributed by atoms with Gasteiger partial charge in [0.05, 0.1) is 17.7 Å². The van der Waals surface area contributed by atoms with Crippen molar-refractivity contribution in [1.29, 1.82) is 0 Å². The van der Waals surface area contributed by atoms with Crippen molar-refractivity contribution in [3.05, 3.63) is 21.9 Å². The minimum atomic E-state index is -5.18. The number of hydrogen-bond donors (Lipinski definition) is 0. The predicted molar refractivity (Wildman–Crippen MR) is 48.9 cm³/mol. The average molecular weight is 270 g/mol. The van der Waals surface area contributed by atoms with Crippen LogP contribution in [0.3, 0.4) is 0 Å².